The number of methoxy groups -OCH3 is 1. The normalized spacial score (nSPS) is 18.5. The number of carbonyl (C=O) groups excluding carboxylic acids is 1. The molecule has 2 fully saturated rings. The highest BCUT2D eigenvalue weighted by molar-refractivity contribution is 5.90. The number of fused-ring (bicyclic) bond motifs is 2. The Kier molecular flexibility index (Phi) is 7.32. The molecule has 0 bridgehead atoms. The highest BCUT2D eigenvalue weighted by atomic mass is 19.1. The summed E-state index contributed by atoms with van der Waals surface area (Å²) < 4.78 is 25.4. The first-order valence-electron chi connectivity index (χ1n) is 14.9. The molecule has 1 amide bonds. The number of carbonyl (C=O) groups is 1. The van der Waals surface area contributed by atoms with Gasteiger partial charge in [-0.05, 0) is 55.7 Å². The monoisotopic (exact) mass is 582 g/mol. The van der Waals surface area contributed by atoms with Crippen molar-refractivity contribution in [2.45, 2.75) is 38.3 Å². The van der Waals surface area contributed by atoms with Gasteiger partial charge in [0, 0.05) is 60.9 Å². The quantitative estimate of drug-likeness (QED) is 0.287. The van der Waals surface area contributed by atoms with Crippen molar-refractivity contribution in [3.8, 4) is 17.1 Å². The summed E-state index contributed by atoms with van der Waals surface area (Å²) in [6.07, 6.45) is 3.93. The van der Waals surface area contributed by atoms with Crippen LogP contribution in [0.5, 0.6) is 5.88 Å². The summed E-state index contributed by atoms with van der Waals surface area (Å²) >= 11 is 0. The second-order valence-electron chi connectivity index (χ2n) is 11.5. The third-order valence-corrected chi connectivity index (χ3v) is 8.93. The van der Waals surface area contributed by atoms with Crippen LogP contribution < -0.4 is 4.74 Å². The molecular formula is C33H35FN6O3. The second-order valence-corrected chi connectivity index (χ2v) is 11.5. The number of piperazine rings is 1. The average Bonchev–Trinajstić information content (AvgIpc) is 3.65. The van der Waals surface area contributed by atoms with Gasteiger partial charge in [-0.1, -0.05) is 18.2 Å². The van der Waals surface area contributed by atoms with Gasteiger partial charge in [0.2, 0.25) is 11.8 Å². The van der Waals surface area contributed by atoms with Crippen LogP contribution in [0.25, 0.3) is 33.1 Å². The highest BCUT2D eigenvalue weighted by Gasteiger charge is 2.37. The summed E-state index contributed by atoms with van der Waals surface area (Å²) in [5, 5.41) is 1.75. The molecular weight excluding hydrogens is 547 g/mol. The van der Waals surface area contributed by atoms with Gasteiger partial charge in [-0.2, -0.15) is 0 Å². The number of rotatable bonds is 6. The van der Waals surface area contributed by atoms with E-state index in [1.54, 1.807) is 19.4 Å². The maximum absolute atomic E-state index is 14.2. The number of benzene rings is 2. The number of imidazole rings is 1. The second kappa shape index (κ2) is 11.4. The molecule has 1 unspecified atom stereocenters. The standard InChI is InChI=1S/C33H35FN6O3/c1-20-24(25-16-22(34)7-8-28(25)36-20)17-31(41)40-12-11-39(23-9-13-43-14-10-23)19-30(40)32-35-18-29(37-32)26-15-21-5-3-4-6-27(21)38-33(26)42-2/h3-8,15-16,18,23,30,36H,9-14,17,19H2,1-2H3,(H,35,37). The van der Waals surface area contributed by atoms with Crippen LogP contribution in [0.15, 0.2) is 54.7 Å². The number of aryl methyl sites for hydroxylation is 1. The summed E-state index contributed by atoms with van der Waals surface area (Å²) in [5.41, 5.74) is 4.98. The van der Waals surface area contributed by atoms with Gasteiger partial charge in [0.1, 0.15) is 17.7 Å². The first-order valence-corrected chi connectivity index (χ1v) is 14.9. The fourth-order valence-corrected chi connectivity index (χ4v) is 6.64. The lowest BCUT2D eigenvalue weighted by molar-refractivity contribution is -0.137. The zero-order valence-corrected chi connectivity index (χ0v) is 24.4. The number of hydrogen-bond donors (Lipinski definition) is 2. The molecule has 7 rings (SSSR count). The topological polar surface area (TPSA) is 99.4 Å². The fourth-order valence-electron chi connectivity index (χ4n) is 6.64. The number of halogens is 1. The number of amides is 1. The van der Waals surface area contributed by atoms with E-state index < -0.39 is 0 Å². The summed E-state index contributed by atoms with van der Waals surface area (Å²) in [7, 11) is 1.61. The Morgan fingerprint density at radius 3 is 2.79 bits per heavy atom. The average molecular weight is 583 g/mol. The molecule has 0 spiro atoms. The number of nitrogens with zero attached hydrogens (tertiary/aromatic N) is 4. The lowest BCUT2D eigenvalue weighted by Gasteiger charge is -2.44. The molecule has 1 atom stereocenters. The van der Waals surface area contributed by atoms with Gasteiger partial charge < -0.3 is 24.3 Å². The highest BCUT2D eigenvalue weighted by Crippen LogP contribution is 2.34. The van der Waals surface area contributed by atoms with Crippen molar-refractivity contribution in [2.75, 3.05) is 40.0 Å². The number of para-hydroxylation sites is 1. The molecule has 0 saturated carbocycles. The maximum Gasteiger partial charge on any atom is 0.227 e. The summed E-state index contributed by atoms with van der Waals surface area (Å²) in [6.45, 7) is 5.47. The minimum Gasteiger partial charge on any atom is -0.480 e. The van der Waals surface area contributed by atoms with Gasteiger partial charge in [-0.3, -0.25) is 9.69 Å². The third kappa shape index (κ3) is 5.25. The smallest absolute Gasteiger partial charge is 0.227 e. The Morgan fingerprint density at radius 1 is 1.12 bits per heavy atom. The molecule has 0 aliphatic carbocycles. The van der Waals surface area contributed by atoms with Gasteiger partial charge in [-0.25, -0.2) is 14.4 Å². The summed E-state index contributed by atoms with van der Waals surface area (Å²) in [5.74, 6) is 0.908. The van der Waals surface area contributed by atoms with Crippen LogP contribution in [-0.4, -0.2) is 81.6 Å². The van der Waals surface area contributed by atoms with Crippen LogP contribution in [0.4, 0.5) is 4.39 Å². The number of pyridine rings is 1. The van der Waals surface area contributed by atoms with Crippen LogP contribution in [0.3, 0.4) is 0 Å². The Bertz CT molecular complexity index is 1790. The molecule has 2 aliphatic heterocycles. The predicted molar refractivity (Wildman–Crippen MR) is 162 cm³/mol. The molecule has 0 radical (unpaired) electrons. The third-order valence-electron chi connectivity index (χ3n) is 8.93. The Labute approximate surface area is 249 Å². The zero-order chi connectivity index (χ0) is 29.5. The fraction of sp³-hybridized carbons (Fsp3) is 0.364. The van der Waals surface area contributed by atoms with E-state index in [9.17, 15) is 9.18 Å². The van der Waals surface area contributed by atoms with Crippen LogP contribution in [0.2, 0.25) is 0 Å². The minimum atomic E-state index is -0.315. The molecule has 2 saturated heterocycles. The van der Waals surface area contributed by atoms with E-state index in [4.69, 9.17) is 19.4 Å². The van der Waals surface area contributed by atoms with Gasteiger partial charge in [0.05, 0.1) is 36.5 Å². The van der Waals surface area contributed by atoms with Crippen molar-refractivity contribution in [2.24, 2.45) is 0 Å². The van der Waals surface area contributed by atoms with Crippen LogP contribution in [0.1, 0.15) is 36.0 Å². The van der Waals surface area contributed by atoms with E-state index in [1.807, 2.05) is 36.1 Å². The van der Waals surface area contributed by atoms with E-state index in [-0.39, 0.29) is 24.2 Å². The molecule has 222 valence electrons. The maximum atomic E-state index is 14.2. The number of H-pyrrole nitrogens is 2. The van der Waals surface area contributed by atoms with E-state index >= 15 is 0 Å². The van der Waals surface area contributed by atoms with Crippen LogP contribution in [0, 0.1) is 12.7 Å². The molecule has 5 heterocycles. The van der Waals surface area contributed by atoms with Crippen molar-refractivity contribution in [1.82, 2.24) is 29.7 Å². The predicted octanol–water partition coefficient (Wildman–Crippen LogP) is 5.17. The molecule has 43 heavy (non-hydrogen) atoms. The number of aromatic nitrogens is 4. The van der Waals surface area contributed by atoms with Crippen LogP contribution in [-0.2, 0) is 16.0 Å². The van der Waals surface area contributed by atoms with Crippen molar-refractivity contribution in [1.29, 1.82) is 0 Å². The molecule has 9 nitrogen and oxygen atoms in total. The molecule has 5 aromatic rings. The van der Waals surface area contributed by atoms with Crippen molar-refractivity contribution < 1.29 is 18.7 Å². The van der Waals surface area contributed by atoms with E-state index in [1.165, 1.54) is 12.1 Å². The van der Waals surface area contributed by atoms with Crippen molar-refractivity contribution >= 4 is 27.7 Å². The molecule has 2 aromatic carbocycles. The number of nitrogens with one attached hydrogen (secondary N) is 2. The number of aromatic amines is 2. The Hall–Kier alpha value is -4.28. The van der Waals surface area contributed by atoms with Gasteiger partial charge >= 0.3 is 0 Å². The van der Waals surface area contributed by atoms with E-state index in [2.05, 4.69) is 20.9 Å². The number of hydrogen-bond acceptors (Lipinski definition) is 6. The van der Waals surface area contributed by atoms with Crippen LogP contribution >= 0.6 is 0 Å². The minimum absolute atomic E-state index is 0.00667. The Balaban J connectivity index is 1.22. The van der Waals surface area contributed by atoms with Gasteiger partial charge in [0.25, 0.3) is 0 Å². The largest absolute Gasteiger partial charge is 0.480 e. The zero-order valence-electron chi connectivity index (χ0n) is 24.4. The Morgan fingerprint density at radius 2 is 1.95 bits per heavy atom. The van der Waals surface area contributed by atoms with Gasteiger partial charge in [0.15, 0.2) is 0 Å². The molecule has 3 aromatic heterocycles. The van der Waals surface area contributed by atoms with Gasteiger partial charge in [-0.15, -0.1) is 0 Å². The summed E-state index contributed by atoms with van der Waals surface area (Å²) in [4.78, 5) is 34.8. The lowest BCUT2D eigenvalue weighted by atomic mass is 10.0. The van der Waals surface area contributed by atoms with E-state index in [0.717, 1.165) is 82.7 Å². The first kappa shape index (κ1) is 27.5. The number of ether oxygens (including phenoxy) is 2. The summed E-state index contributed by atoms with van der Waals surface area (Å²) in [6, 6.07) is 14.8. The molecule has 10 heteroatoms. The SMILES string of the molecule is COc1nc2ccccc2cc1-c1cnc(C2CN(C3CCOCC3)CCN2C(=O)Cc2c(C)[nH]c3ccc(F)cc23)[nH]1. The van der Waals surface area contributed by atoms with E-state index in [0.29, 0.717) is 25.0 Å². The molecule has 2 N–H and O–H groups in total. The van der Waals surface area contributed by atoms with Crippen molar-refractivity contribution in [3.63, 3.8) is 0 Å². The lowest BCUT2D eigenvalue weighted by Crippen LogP contribution is -2.55. The first-order chi connectivity index (χ1) is 21.0. The molecule has 2 aliphatic rings. The van der Waals surface area contributed by atoms with Crippen molar-refractivity contribution in [3.05, 3.63) is 77.6 Å².